The van der Waals surface area contributed by atoms with E-state index < -0.39 is 10.0 Å². The molecule has 0 radical (unpaired) electrons. The molecule has 0 aromatic carbocycles. The van der Waals surface area contributed by atoms with Crippen LogP contribution in [-0.2, 0) is 23.1 Å². The summed E-state index contributed by atoms with van der Waals surface area (Å²) in [5, 5.41) is 3.07. The normalized spacial score (nSPS) is 23.4. The maximum absolute atomic E-state index is 12.5. The van der Waals surface area contributed by atoms with Crippen LogP contribution in [-0.4, -0.2) is 26.1 Å². The number of rotatable bonds is 6. The molecule has 2 N–H and O–H groups in total. The number of hydrogen-bond donors (Lipinski definition) is 2. The summed E-state index contributed by atoms with van der Waals surface area (Å²) in [6.07, 6.45) is 4.89. The van der Waals surface area contributed by atoms with Crippen molar-refractivity contribution in [2.24, 2.45) is 5.92 Å². The standard InChI is InChI=1S/C14H25N3O2S/c1-4-17-10-13(8-12(17)9-15-3)20(18,19)16-14-7-5-6-11(14)2/h8,10-11,14-16H,4-7,9H2,1-3H3. The Hall–Kier alpha value is -0.850. The van der Waals surface area contributed by atoms with Crippen LogP contribution in [0.4, 0.5) is 0 Å². The number of aromatic nitrogens is 1. The summed E-state index contributed by atoms with van der Waals surface area (Å²) in [6.45, 7) is 5.57. The molecule has 0 saturated heterocycles. The summed E-state index contributed by atoms with van der Waals surface area (Å²) in [5.74, 6) is 0.426. The summed E-state index contributed by atoms with van der Waals surface area (Å²) in [5.41, 5.74) is 0.995. The highest BCUT2D eigenvalue weighted by Gasteiger charge is 2.29. The van der Waals surface area contributed by atoms with Gasteiger partial charge in [0.15, 0.2) is 0 Å². The second-order valence-electron chi connectivity index (χ2n) is 5.62. The number of nitrogens with zero attached hydrogens (tertiary/aromatic N) is 1. The quantitative estimate of drug-likeness (QED) is 0.840. The van der Waals surface area contributed by atoms with Crippen molar-refractivity contribution in [1.29, 1.82) is 0 Å². The van der Waals surface area contributed by atoms with E-state index in [0.29, 0.717) is 17.4 Å². The van der Waals surface area contributed by atoms with Crippen molar-refractivity contribution in [3.63, 3.8) is 0 Å². The maximum Gasteiger partial charge on any atom is 0.242 e. The van der Waals surface area contributed by atoms with Gasteiger partial charge in [-0.25, -0.2) is 13.1 Å². The Balaban J connectivity index is 2.20. The second kappa shape index (κ2) is 6.28. The topological polar surface area (TPSA) is 63.1 Å². The van der Waals surface area contributed by atoms with Crippen LogP contribution in [0, 0.1) is 5.92 Å². The smallest absolute Gasteiger partial charge is 0.242 e. The molecule has 1 fully saturated rings. The fourth-order valence-corrected chi connectivity index (χ4v) is 4.33. The second-order valence-corrected chi connectivity index (χ2v) is 7.33. The van der Waals surface area contributed by atoms with E-state index in [1.807, 2.05) is 18.5 Å². The van der Waals surface area contributed by atoms with Gasteiger partial charge in [0.05, 0.1) is 4.90 Å². The Bertz CT molecular complexity index is 551. The highest BCUT2D eigenvalue weighted by atomic mass is 32.2. The van der Waals surface area contributed by atoms with E-state index in [-0.39, 0.29) is 6.04 Å². The van der Waals surface area contributed by atoms with Crippen LogP contribution in [0.1, 0.15) is 38.8 Å². The molecule has 20 heavy (non-hydrogen) atoms. The molecule has 0 amide bonds. The van der Waals surface area contributed by atoms with Gasteiger partial charge in [0, 0.05) is 31.0 Å². The molecule has 6 heteroatoms. The first-order chi connectivity index (χ1) is 9.47. The zero-order valence-corrected chi connectivity index (χ0v) is 13.3. The molecule has 2 rings (SSSR count). The van der Waals surface area contributed by atoms with Gasteiger partial charge in [0.2, 0.25) is 10.0 Å². The van der Waals surface area contributed by atoms with Gasteiger partial charge >= 0.3 is 0 Å². The summed E-state index contributed by atoms with van der Waals surface area (Å²) in [6, 6.07) is 1.85. The molecular formula is C14H25N3O2S. The van der Waals surface area contributed by atoms with Gasteiger partial charge in [0.1, 0.15) is 0 Å². The molecule has 1 aliphatic carbocycles. The highest BCUT2D eigenvalue weighted by Crippen LogP contribution is 2.26. The predicted molar refractivity (Wildman–Crippen MR) is 80.0 cm³/mol. The molecule has 2 unspecified atom stereocenters. The van der Waals surface area contributed by atoms with E-state index >= 15 is 0 Å². The van der Waals surface area contributed by atoms with Crippen LogP contribution >= 0.6 is 0 Å². The lowest BCUT2D eigenvalue weighted by Gasteiger charge is -2.16. The summed E-state index contributed by atoms with van der Waals surface area (Å²) >= 11 is 0. The summed E-state index contributed by atoms with van der Waals surface area (Å²) < 4.78 is 29.8. The number of sulfonamides is 1. The zero-order valence-electron chi connectivity index (χ0n) is 12.5. The number of nitrogens with one attached hydrogen (secondary N) is 2. The Morgan fingerprint density at radius 1 is 1.40 bits per heavy atom. The molecule has 0 bridgehead atoms. The number of aryl methyl sites for hydroxylation is 1. The van der Waals surface area contributed by atoms with Gasteiger partial charge in [-0.15, -0.1) is 0 Å². The van der Waals surface area contributed by atoms with E-state index in [2.05, 4.69) is 17.0 Å². The van der Waals surface area contributed by atoms with Crippen molar-refractivity contribution in [3.8, 4) is 0 Å². The summed E-state index contributed by atoms with van der Waals surface area (Å²) in [4.78, 5) is 0.378. The van der Waals surface area contributed by atoms with Crippen LogP contribution in [0.2, 0.25) is 0 Å². The van der Waals surface area contributed by atoms with E-state index in [9.17, 15) is 8.42 Å². The molecule has 2 atom stereocenters. The van der Waals surface area contributed by atoms with E-state index in [1.54, 1.807) is 12.3 Å². The minimum absolute atomic E-state index is 0.0812. The van der Waals surface area contributed by atoms with Crippen LogP contribution in [0.3, 0.4) is 0 Å². The predicted octanol–water partition coefficient (Wildman–Crippen LogP) is 1.69. The molecule has 1 heterocycles. The van der Waals surface area contributed by atoms with Crippen molar-refractivity contribution in [2.75, 3.05) is 7.05 Å². The van der Waals surface area contributed by atoms with Crippen molar-refractivity contribution in [3.05, 3.63) is 18.0 Å². The maximum atomic E-state index is 12.5. The van der Waals surface area contributed by atoms with Gasteiger partial charge in [-0.2, -0.15) is 0 Å². The monoisotopic (exact) mass is 299 g/mol. The molecule has 1 aliphatic rings. The zero-order chi connectivity index (χ0) is 14.8. The van der Waals surface area contributed by atoms with Crippen LogP contribution < -0.4 is 10.0 Å². The van der Waals surface area contributed by atoms with Crippen LogP contribution in [0.25, 0.3) is 0 Å². The average Bonchev–Trinajstić information content (AvgIpc) is 2.97. The minimum atomic E-state index is -3.41. The minimum Gasteiger partial charge on any atom is -0.349 e. The molecule has 114 valence electrons. The van der Waals surface area contributed by atoms with Gasteiger partial charge in [-0.05, 0) is 38.8 Å². The Labute approximate surface area is 121 Å². The number of hydrogen-bond acceptors (Lipinski definition) is 3. The van der Waals surface area contributed by atoms with E-state index in [1.165, 1.54) is 0 Å². The fourth-order valence-electron chi connectivity index (χ4n) is 2.88. The lowest BCUT2D eigenvalue weighted by Crippen LogP contribution is -2.36. The van der Waals surface area contributed by atoms with Gasteiger partial charge in [-0.1, -0.05) is 13.3 Å². The Kier molecular flexibility index (Phi) is 4.88. The molecule has 5 nitrogen and oxygen atoms in total. The summed E-state index contributed by atoms with van der Waals surface area (Å²) in [7, 11) is -1.54. The first-order valence-electron chi connectivity index (χ1n) is 7.34. The van der Waals surface area contributed by atoms with Crippen LogP contribution in [0.5, 0.6) is 0 Å². The molecule has 0 spiro atoms. The lowest BCUT2D eigenvalue weighted by molar-refractivity contribution is 0.476. The van der Waals surface area contributed by atoms with E-state index in [4.69, 9.17) is 0 Å². The largest absolute Gasteiger partial charge is 0.349 e. The molecule has 0 aliphatic heterocycles. The van der Waals surface area contributed by atoms with Crippen molar-refractivity contribution in [1.82, 2.24) is 14.6 Å². The fraction of sp³-hybridized carbons (Fsp3) is 0.714. The lowest BCUT2D eigenvalue weighted by atomic mass is 10.1. The van der Waals surface area contributed by atoms with Crippen molar-refractivity contribution >= 4 is 10.0 Å². The third kappa shape index (κ3) is 3.24. The first-order valence-corrected chi connectivity index (χ1v) is 8.82. The molecule has 1 saturated carbocycles. The van der Waals surface area contributed by atoms with E-state index in [0.717, 1.165) is 31.5 Å². The highest BCUT2D eigenvalue weighted by molar-refractivity contribution is 7.89. The average molecular weight is 299 g/mol. The molecule has 1 aromatic rings. The van der Waals surface area contributed by atoms with Gasteiger partial charge in [0.25, 0.3) is 0 Å². The van der Waals surface area contributed by atoms with Gasteiger partial charge < -0.3 is 9.88 Å². The molecule has 1 aromatic heterocycles. The third-order valence-electron chi connectivity index (χ3n) is 4.14. The van der Waals surface area contributed by atoms with Crippen LogP contribution in [0.15, 0.2) is 17.2 Å². The van der Waals surface area contributed by atoms with Crippen molar-refractivity contribution in [2.45, 2.75) is 57.1 Å². The van der Waals surface area contributed by atoms with Crippen molar-refractivity contribution < 1.29 is 8.42 Å². The first kappa shape index (κ1) is 15.5. The van der Waals surface area contributed by atoms with Gasteiger partial charge in [-0.3, -0.25) is 0 Å². The Morgan fingerprint density at radius 3 is 2.70 bits per heavy atom. The molecular weight excluding hydrogens is 274 g/mol. The SMILES string of the molecule is CCn1cc(S(=O)(=O)NC2CCCC2C)cc1CNC. The Morgan fingerprint density at radius 2 is 2.15 bits per heavy atom. The third-order valence-corrected chi connectivity index (χ3v) is 5.59.